The molecule has 0 atom stereocenters. The van der Waals surface area contributed by atoms with Gasteiger partial charge in [-0.2, -0.15) is 5.26 Å². The lowest BCUT2D eigenvalue weighted by Crippen LogP contribution is -2.41. The van der Waals surface area contributed by atoms with Gasteiger partial charge < -0.3 is 10.2 Å². The zero-order chi connectivity index (χ0) is 13.7. The third-order valence-corrected chi connectivity index (χ3v) is 3.05. The Balaban J connectivity index is 2.03. The van der Waals surface area contributed by atoms with Crippen LogP contribution in [0, 0.1) is 11.3 Å². The van der Waals surface area contributed by atoms with Crippen molar-refractivity contribution in [3.63, 3.8) is 0 Å². The van der Waals surface area contributed by atoms with E-state index in [4.69, 9.17) is 5.26 Å². The minimum absolute atomic E-state index is 0.122. The molecule has 0 radical (unpaired) electrons. The number of carbonyl (C=O) groups is 2. The van der Waals surface area contributed by atoms with E-state index >= 15 is 0 Å². The molecule has 0 fully saturated rings. The van der Waals surface area contributed by atoms with Gasteiger partial charge in [-0.3, -0.25) is 9.59 Å². The average Bonchev–Trinajstić information content (AvgIpc) is 2.43. The number of nitrogens with one attached hydrogen (secondary N) is 1. The number of benzene rings is 1. The smallest absolute Gasteiger partial charge is 0.239 e. The van der Waals surface area contributed by atoms with Gasteiger partial charge >= 0.3 is 0 Å². The molecule has 5 nitrogen and oxygen atoms in total. The number of nitrogens with zero attached hydrogens (tertiary/aromatic N) is 2. The number of rotatable bonds is 4. The Morgan fingerprint density at radius 3 is 3.00 bits per heavy atom. The Morgan fingerprint density at radius 2 is 2.21 bits per heavy atom. The van der Waals surface area contributed by atoms with E-state index in [1.807, 2.05) is 29.2 Å². The van der Waals surface area contributed by atoms with Gasteiger partial charge in [0.05, 0.1) is 19.0 Å². The van der Waals surface area contributed by atoms with Crippen LogP contribution in [0.15, 0.2) is 24.3 Å². The van der Waals surface area contributed by atoms with Crippen LogP contribution in [0.5, 0.6) is 0 Å². The fourth-order valence-corrected chi connectivity index (χ4v) is 2.13. The molecule has 1 amide bonds. The molecule has 0 aromatic heterocycles. The minimum Gasteiger partial charge on any atom is -0.361 e. The summed E-state index contributed by atoms with van der Waals surface area (Å²) in [7, 11) is 0. The Labute approximate surface area is 111 Å². The second-order valence-corrected chi connectivity index (χ2v) is 4.37. The van der Waals surface area contributed by atoms with Crippen LogP contribution in [-0.4, -0.2) is 31.3 Å². The number of fused-ring (bicyclic) bond motifs is 1. The molecule has 19 heavy (non-hydrogen) atoms. The topological polar surface area (TPSA) is 73.2 Å². The lowest BCUT2D eigenvalue weighted by atomic mass is 10.0. The van der Waals surface area contributed by atoms with Gasteiger partial charge in [0.15, 0.2) is 5.78 Å². The van der Waals surface area contributed by atoms with Crippen molar-refractivity contribution in [2.24, 2.45) is 0 Å². The van der Waals surface area contributed by atoms with Crippen molar-refractivity contribution in [2.45, 2.75) is 12.8 Å². The number of nitriles is 1. The number of hydrogen-bond acceptors (Lipinski definition) is 4. The summed E-state index contributed by atoms with van der Waals surface area (Å²) in [5.41, 5.74) is 1.49. The molecule has 0 unspecified atom stereocenters. The van der Waals surface area contributed by atoms with Gasteiger partial charge in [-0.1, -0.05) is 12.1 Å². The van der Waals surface area contributed by atoms with Crippen molar-refractivity contribution in [1.82, 2.24) is 5.32 Å². The summed E-state index contributed by atoms with van der Waals surface area (Å²) >= 11 is 0. The monoisotopic (exact) mass is 257 g/mol. The lowest BCUT2D eigenvalue weighted by Gasteiger charge is -2.29. The van der Waals surface area contributed by atoms with E-state index < -0.39 is 0 Å². The van der Waals surface area contributed by atoms with Crippen LogP contribution in [0.3, 0.4) is 0 Å². The summed E-state index contributed by atoms with van der Waals surface area (Å²) in [5.74, 6) is -0.00357. The molecule has 1 aliphatic heterocycles. The quantitative estimate of drug-likeness (QED) is 0.820. The Morgan fingerprint density at radius 1 is 1.42 bits per heavy atom. The van der Waals surface area contributed by atoms with Gasteiger partial charge in [0.1, 0.15) is 0 Å². The van der Waals surface area contributed by atoms with Gasteiger partial charge in [-0.15, -0.1) is 0 Å². The summed E-state index contributed by atoms with van der Waals surface area (Å²) in [6.45, 7) is 1.14. The van der Waals surface area contributed by atoms with Crippen molar-refractivity contribution >= 4 is 17.4 Å². The molecule has 1 N–H and O–H groups in total. The molecule has 0 spiro atoms. The van der Waals surface area contributed by atoms with Crippen molar-refractivity contribution in [3.05, 3.63) is 29.8 Å². The van der Waals surface area contributed by atoms with E-state index in [0.717, 1.165) is 5.69 Å². The van der Waals surface area contributed by atoms with Crippen molar-refractivity contribution in [1.29, 1.82) is 5.26 Å². The Kier molecular flexibility index (Phi) is 4.14. The molecule has 1 heterocycles. The number of amides is 1. The highest BCUT2D eigenvalue weighted by Gasteiger charge is 2.23. The summed E-state index contributed by atoms with van der Waals surface area (Å²) < 4.78 is 0. The highest BCUT2D eigenvalue weighted by Crippen LogP contribution is 2.26. The van der Waals surface area contributed by atoms with Crippen molar-refractivity contribution < 1.29 is 9.59 Å². The maximum atomic E-state index is 11.8. The molecular weight excluding hydrogens is 242 g/mol. The second-order valence-electron chi connectivity index (χ2n) is 4.37. The van der Waals surface area contributed by atoms with E-state index in [-0.39, 0.29) is 18.2 Å². The number of carbonyl (C=O) groups excluding carboxylic acids is 2. The molecule has 0 saturated carbocycles. The normalized spacial score (nSPS) is 13.6. The third kappa shape index (κ3) is 3.10. The maximum Gasteiger partial charge on any atom is 0.239 e. The highest BCUT2D eigenvalue weighted by molar-refractivity contribution is 6.03. The molecule has 5 heteroatoms. The summed E-state index contributed by atoms with van der Waals surface area (Å²) in [5, 5.41) is 11.1. The SMILES string of the molecule is N#CCCNC(=O)CN1CCC(=O)c2ccccc21. The molecule has 1 aromatic rings. The van der Waals surface area contributed by atoms with E-state index in [1.54, 1.807) is 6.07 Å². The highest BCUT2D eigenvalue weighted by atomic mass is 16.2. The van der Waals surface area contributed by atoms with Crippen LogP contribution in [0.25, 0.3) is 0 Å². The van der Waals surface area contributed by atoms with E-state index in [1.165, 1.54) is 0 Å². The van der Waals surface area contributed by atoms with E-state index in [9.17, 15) is 9.59 Å². The molecule has 0 saturated heterocycles. The van der Waals surface area contributed by atoms with Gasteiger partial charge in [-0.05, 0) is 12.1 Å². The standard InChI is InChI=1S/C14H15N3O2/c15-7-3-8-16-14(19)10-17-9-6-13(18)11-4-1-2-5-12(11)17/h1-2,4-5H,3,6,8-10H2,(H,16,19). The van der Waals surface area contributed by atoms with Gasteiger partial charge in [-0.25, -0.2) is 0 Å². The summed E-state index contributed by atoms with van der Waals surface area (Å²) in [6, 6.07) is 9.31. The first kappa shape index (κ1) is 13.1. The van der Waals surface area contributed by atoms with Crippen LogP contribution >= 0.6 is 0 Å². The van der Waals surface area contributed by atoms with Gasteiger partial charge in [0.2, 0.25) is 5.91 Å². The van der Waals surface area contributed by atoms with Crippen LogP contribution in [0.4, 0.5) is 5.69 Å². The van der Waals surface area contributed by atoms with Gasteiger partial charge in [0.25, 0.3) is 0 Å². The van der Waals surface area contributed by atoms with Gasteiger partial charge in [0, 0.05) is 30.8 Å². The van der Waals surface area contributed by atoms with Crippen LogP contribution in [0.2, 0.25) is 0 Å². The fourth-order valence-electron chi connectivity index (χ4n) is 2.13. The largest absolute Gasteiger partial charge is 0.361 e. The van der Waals surface area contributed by atoms with E-state index in [0.29, 0.717) is 31.5 Å². The molecule has 0 aliphatic carbocycles. The summed E-state index contributed by atoms with van der Waals surface area (Å²) in [6.07, 6.45) is 0.739. The number of para-hydroxylation sites is 1. The first-order valence-corrected chi connectivity index (χ1v) is 6.23. The maximum absolute atomic E-state index is 11.8. The molecule has 2 rings (SSSR count). The van der Waals surface area contributed by atoms with E-state index in [2.05, 4.69) is 5.32 Å². The predicted octanol–water partition coefficient (Wildman–Crippen LogP) is 1.11. The van der Waals surface area contributed by atoms with Crippen LogP contribution in [-0.2, 0) is 4.79 Å². The fraction of sp³-hybridized carbons (Fsp3) is 0.357. The van der Waals surface area contributed by atoms with Crippen LogP contribution in [0.1, 0.15) is 23.2 Å². The minimum atomic E-state index is -0.126. The van der Waals surface area contributed by atoms with Crippen LogP contribution < -0.4 is 10.2 Å². The molecule has 1 aromatic carbocycles. The Hall–Kier alpha value is -2.35. The number of hydrogen-bond donors (Lipinski definition) is 1. The Bertz CT molecular complexity index is 534. The zero-order valence-corrected chi connectivity index (χ0v) is 10.6. The zero-order valence-electron chi connectivity index (χ0n) is 10.6. The molecular formula is C14H15N3O2. The third-order valence-electron chi connectivity index (χ3n) is 3.05. The molecule has 1 aliphatic rings. The number of ketones is 1. The van der Waals surface area contributed by atoms with Crippen molar-refractivity contribution in [3.8, 4) is 6.07 Å². The molecule has 0 bridgehead atoms. The average molecular weight is 257 g/mol. The first-order chi connectivity index (χ1) is 9.22. The number of anilines is 1. The second kappa shape index (κ2) is 6.01. The lowest BCUT2D eigenvalue weighted by molar-refractivity contribution is -0.119. The summed E-state index contributed by atoms with van der Waals surface area (Å²) in [4.78, 5) is 25.4. The van der Waals surface area contributed by atoms with Crippen molar-refractivity contribution in [2.75, 3.05) is 24.5 Å². The first-order valence-electron chi connectivity index (χ1n) is 6.23. The molecule has 98 valence electrons. The number of Topliss-reactive ketones (excluding diaryl/α,β-unsaturated/α-hetero) is 1. The predicted molar refractivity (Wildman–Crippen MR) is 70.8 cm³/mol.